The van der Waals surface area contributed by atoms with E-state index in [1.807, 2.05) is 0 Å². The lowest BCUT2D eigenvalue weighted by Crippen LogP contribution is -2.42. The van der Waals surface area contributed by atoms with Gasteiger partial charge in [0.25, 0.3) is 0 Å². The summed E-state index contributed by atoms with van der Waals surface area (Å²) in [6.45, 7) is 1.95. The van der Waals surface area contributed by atoms with Crippen molar-refractivity contribution in [2.45, 2.75) is 37.9 Å². The molecule has 0 aliphatic heterocycles. The van der Waals surface area contributed by atoms with Crippen LogP contribution in [-0.4, -0.2) is 45.3 Å². The fourth-order valence-electron chi connectivity index (χ4n) is 1.15. The van der Waals surface area contributed by atoms with Crippen LogP contribution in [0, 0.1) is 0 Å². The molecule has 0 saturated carbocycles. The van der Waals surface area contributed by atoms with Gasteiger partial charge in [-0.15, -0.1) is 0 Å². The molecule has 0 aliphatic rings. The monoisotopic (exact) mass is 292 g/mol. The van der Waals surface area contributed by atoms with Crippen LogP contribution in [0.4, 0.5) is 4.79 Å². The molecule has 0 aromatic carbocycles. The van der Waals surface area contributed by atoms with Crippen LogP contribution < -0.4 is 10.6 Å². The molecular weight excluding hydrogens is 272 g/mol. The van der Waals surface area contributed by atoms with Gasteiger partial charge in [-0.1, -0.05) is 0 Å². The van der Waals surface area contributed by atoms with Crippen molar-refractivity contribution in [2.75, 3.05) is 12.8 Å². The van der Waals surface area contributed by atoms with Crippen LogP contribution in [0.25, 0.3) is 0 Å². The molecular formula is C11H20N2O5S. The summed E-state index contributed by atoms with van der Waals surface area (Å²) in [5.74, 6) is -1.35. The number of carboxylic acid groups (broad SMARTS) is 1. The number of hydrogen-bond donors (Lipinski definition) is 3. The van der Waals surface area contributed by atoms with Gasteiger partial charge < -0.3 is 10.4 Å². The first-order valence-electron chi connectivity index (χ1n) is 5.94. The topological polar surface area (TPSA) is 113 Å². The summed E-state index contributed by atoms with van der Waals surface area (Å²) in [7, 11) is -1.03. The van der Waals surface area contributed by atoms with Crippen molar-refractivity contribution < 1.29 is 23.7 Å². The number of carbonyl (C=O) groups excluding carboxylic acids is 2. The second-order valence-electron chi connectivity index (χ2n) is 4.17. The van der Waals surface area contributed by atoms with Crippen LogP contribution in [0.2, 0.25) is 0 Å². The van der Waals surface area contributed by atoms with Gasteiger partial charge in [0, 0.05) is 41.7 Å². The number of imide groups is 1. The molecule has 19 heavy (non-hydrogen) atoms. The van der Waals surface area contributed by atoms with Gasteiger partial charge in [0.05, 0.1) is 0 Å². The van der Waals surface area contributed by atoms with E-state index in [1.54, 1.807) is 6.92 Å². The van der Waals surface area contributed by atoms with Crippen LogP contribution in [0.3, 0.4) is 0 Å². The molecule has 0 rings (SSSR count). The highest BCUT2D eigenvalue weighted by atomic mass is 32.2. The highest BCUT2D eigenvalue weighted by Gasteiger charge is 2.10. The van der Waals surface area contributed by atoms with Crippen molar-refractivity contribution in [1.82, 2.24) is 10.6 Å². The summed E-state index contributed by atoms with van der Waals surface area (Å²) < 4.78 is 11.0. The van der Waals surface area contributed by atoms with Crippen molar-refractivity contribution in [2.24, 2.45) is 0 Å². The Morgan fingerprint density at radius 2 is 1.79 bits per heavy atom. The standard InChI is InChI=1S/C11H20N2O5S/c1-8(19(2)18)7-12-11(17)13-9(14)5-3-4-6-10(15)16/h8H,3-7H2,1-2H3,(H,15,16)(H2,12,13,14,17). The van der Waals surface area contributed by atoms with Crippen molar-refractivity contribution in [3.63, 3.8) is 0 Å². The molecule has 2 unspecified atom stereocenters. The average Bonchev–Trinajstić information content (AvgIpc) is 2.31. The van der Waals surface area contributed by atoms with E-state index in [-0.39, 0.29) is 24.6 Å². The van der Waals surface area contributed by atoms with E-state index in [0.29, 0.717) is 12.8 Å². The Balaban J connectivity index is 3.72. The largest absolute Gasteiger partial charge is 0.481 e. The second-order valence-corrected chi connectivity index (χ2v) is 5.97. The molecule has 8 heteroatoms. The minimum atomic E-state index is -1.03. The second kappa shape index (κ2) is 9.48. The van der Waals surface area contributed by atoms with Crippen LogP contribution >= 0.6 is 0 Å². The van der Waals surface area contributed by atoms with E-state index < -0.39 is 28.7 Å². The lowest BCUT2D eigenvalue weighted by molar-refractivity contribution is -0.137. The zero-order valence-corrected chi connectivity index (χ0v) is 11.9. The summed E-state index contributed by atoms with van der Waals surface area (Å²) in [5, 5.41) is 12.8. The maximum atomic E-state index is 11.3. The molecule has 110 valence electrons. The maximum absolute atomic E-state index is 11.3. The van der Waals surface area contributed by atoms with Crippen LogP contribution in [0.5, 0.6) is 0 Å². The smallest absolute Gasteiger partial charge is 0.321 e. The zero-order chi connectivity index (χ0) is 14.8. The van der Waals surface area contributed by atoms with Gasteiger partial charge in [0.2, 0.25) is 5.91 Å². The maximum Gasteiger partial charge on any atom is 0.321 e. The van der Waals surface area contributed by atoms with Crippen LogP contribution in [0.15, 0.2) is 0 Å². The molecule has 0 bridgehead atoms. The first kappa shape index (κ1) is 17.6. The Bertz CT molecular complexity index is 359. The van der Waals surface area contributed by atoms with Crippen LogP contribution in [0.1, 0.15) is 32.6 Å². The number of amides is 3. The Kier molecular flexibility index (Phi) is 8.77. The van der Waals surface area contributed by atoms with Gasteiger partial charge in [0.15, 0.2) is 0 Å². The molecule has 3 amide bonds. The molecule has 0 spiro atoms. The van der Waals surface area contributed by atoms with E-state index in [2.05, 4.69) is 10.6 Å². The van der Waals surface area contributed by atoms with E-state index in [9.17, 15) is 18.6 Å². The Labute approximate surface area is 114 Å². The minimum absolute atomic E-state index is 0.0132. The van der Waals surface area contributed by atoms with E-state index >= 15 is 0 Å². The fourth-order valence-corrected chi connectivity index (χ4v) is 1.47. The predicted octanol–water partition coefficient (Wildman–Crippen LogP) is 0.224. The molecule has 0 aromatic rings. The summed E-state index contributed by atoms with van der Waals surface area (Å²) in [6, 6.07) is -0.625. The average molecular weight is 292 g/mol. The van der Waals surface area contributed by atoms with E-state index in [4.69, 9.17) is 5.11 Å². The molecule has 0 saturated heterocycles. The Morgan fingerprint density at radius 3 is 2.32 bits per heavy atom. The molecule has 0 aliphatic carbocycles. The summed E-state index contributed by atoms with van der Waals surface area (Å²) in [6.07, 6.45) is 2.48. The number of carbonyl (C=O) groups is 3. The Hall–Kier alpha value is -1.44. The van der Waals surface area contributed by atoms with Gasteiger partial charge in [-0.2, -0.15) is 0 Å². The molecule has 0 radical (unpaired) electrons. The van der Waals surface area contributed by atoms with Crippen molar-refractivity contribution >= 4 is 28.7 Å². The van der Waals surface area contributed by atoms with Gasteiger partial charge in [0.1, 0.15) is 0 Å². The SMILES string of the molecule is CC(CNC(=O)NC(=O)CCCCC(=O)O)S(C)=O. The van der Waals surface area contributed by atoms with Gasteiger partial charge in [-0.3, -0.25) is 19.1 Å². The lowest BCUT2D eigenvalue weighted by Gasteiger charge is -2.10. The third-order valence-electron chi connectivity index (χ3n) is 2.41. The number of hydrogen-bond acceptors (Lipinski definition) is 4. The van der Waals surface area contributed by atoms with Gasteiger partial charge in [-0.25, -0.2) is 4.79 Å². The number of urea groups is 1. The molecule has 7 nitrogen and oxygen atoms in total. The number of nitrogens with one attached hydrogen (secondary N) is 2. The van der Waals surface area contributed by atoms with E-state index in [0.717, 1.165) is 0 Å². The highest BCUT2D eigenvalue weighted by molar-refractivity contribution is 7.84. The van der Waals surface area contributed by atoms with Crippen LogP contribution in [-0.2, 0) is 20.4 Å². The first-order chi connectivity index (χ1) is 8.82. The Morgan fingerprint density at radius 1 is 1.21 bits per heavy atom. The predicted molar refractivity (Wildman–Crippen MR) is 71.2 cm³/mol. The molecule has 0 fully saturated rings. The molecule has 2 atom stereocenters. The number of carboxylic acids is 1. The van der Waals surface area contributed by atoms with E-state index in [1.165, 1.54) is 6.26 Å². The summed E-state index contributed by atoms with van der Waals surface area (Å²) in [5.41, 5.74) is 0. The molecule has 0 heterocycles. The third kappa shape index (κ3) is 10.2. The quantitative estimate of drug-likeness (QED) is 0.554. The van der Waals surface area contributed by atoms with Crippen molar-refractivity contribution in [1.29, 1.82) is 0 Å². The van der Waals surface area contributed by atoms with Crippen molar-refractivity contribution in [3.8, 4) is 0 Å². The number of unbranched alkanes of at least 4 members (excludes halogenated alkanes) is 1. The summed E-state index contributed by atoms with van der Waals surface area (Å²) >= 11 is 0. The molecule has 0 aromatic heterocycles. The van der Waals surface area contributed by atoms with Gasteiger partial charge in [-0.05, 0) is 19.8 Å². The zero-order valence-electron chi connectivity index (χ0n) is 11.1. The number of aliphatic carboxylic acids is 1. The normalized spacial score (nSPS) is 13.4. The number of rotatable bonds is 8. The fraction of sp³-hybridized carbons (Fsp3) is 0.727. The lowest BCUT2D eigenvalue weighted by atomic mass is 10.2. The van der Waals surface area contributed by atoms with Gasteiger partial charge >= 0.3 is 12.0 Å². The minimum Gasteiger partial charge on any atom is -0.481 e. The van der Waals surface area contributed by atoms with Crippen molar-refractivity contribution in [3.05, 3.63) is 0 Å². The third-order valence-corrected chi connectivity index (χ3v) is 3.71. The summed E-state index contributed by atoms with van der Waals surface area (Å²) in [4.78, 5) is 32.8. The highest BCUT2D eigenvalue weighted by Crippen LogP contribution is 1.99. The first-order valence-corrected chi connectivity index (χ1v) is 7.56. The molecule has 3 N–H and O–H groups in total.